The molecule has 94 valence electrons. The van der Waals surface area contributed by atoms with E-state index in [2.05, 4.69) is 11.9 Å². The van der Waals surface area contributed by atoms with E-state index in [-0.39, 0.29) is 0 Å². The summed E-state index contributed by atoms with van der Waals surface area (Å²) in [4.78, 5) is 14.1. The molecular formula is C14H15NO2S. The molecule has 0 bridgehead atoms. The Balaban J connectivity index is 2.05. The molecule has 0 saturated heterocycles. The summed E-state index contributed by atoms with van der Waals surface area (Å²) in [6, 6.07) is 8.59. The maximum absolute atomic E-state index is 11.4. The van der Waals surface area contributed by atoms with Gasteiger partial charge >= 0.3 is 5.97 Å². The number of carbonyl (C=O) groups is 1. The van der Waals surface area contributed by atoms with Crippen LogP contribution in [0.2, 0.25) is 0 Å². The van der Waals surface area contributed by atoms with E-state index in [1.54, 1.807) is 0 Å². The van der Waals surface area contributed by atoms with E-state index in [1.807, 2.05) is 24.3 Å². The molecule has 2 aromatic rings. The third-order valence-electron chi connectivity index (χ3n) is 3.47. The van der Waals surface area contributed by atoms with Crippen molar-refractivity contribution in [1.29, 1.82) is 0 Å². The molecule has 1 aliphatic rings. The van der Waals surface area contributed by atoms with Crippen molar-refractivity contribution in [2.75, 3.05) is 7.05 Å². The molecule has 18 heavy (non-hydrogen) atoms. The molecular weight excluding hydrogens is 246 g/mol. The highest BCUT2D eigenvalue weighted by Gasteiger charge is 2.28. The molecule has 0 unspecified atom stereocenters. The second-order valence-electron chi connectivity index (χ2n) is 4.86. The van der Waals surface area contributed by atoms with Crippen LogP contribution in [-0.2, 0) is 6.54 Å². The number of rotatable bonds is 4. The predicted molar refractivity (Wildman–Crippen MR) is 73.3 cm³/mol. The van der Waals surface area contributed by atoms with Gasteiger partial charge in [0.1, 0.15) is 4.88 Å². The zero-order valence-electron chi connectivity index (χ0n) is 10.2. The van der Waals surface area contributed by atoms with Crippen LogP contribution in [0.3, 0.4) is 0 Å². The minimum absolute atomic E-state index is 0.490. The molecule has 0 amide bonds. The molecule has 3 rings (SSSR count). The van der Waals surface area contributed by atoms with Crippen molar-refractivity contribution in [3.05, 3.63) is 34.7 Å². The number of hydrogen-bond donors (Lipinski definition) is 1. The molecule has 0 spiro atoms. The van der Waals surface area contributed by atoms with Crippen molar-refractivity contribution in [3.63, 3.8) is 0 Å². The first kappa shape index (κ1) is 11.7. The van der Waals surface area contributed by atoms with Gasteiger partial charge in [-0.05, 0) is 36.9 Å². The third kappa shape index (κ3) is 2.02. The normalized spacial score (nSPS) is 15.4. The molecule has 0 atom stereocenters. The van der Waals surface area contributed by atoms with E-state index in [0.29, 0.717) is 10.9 Å². The summed E-state index contributed by atoms with van der Waals surface area (Å²) in [5.41, 5.74) is 0.970. The second-order valence-corrected chi connectivity index (χ2v) is 5.91. The van der Waals surface area contributed by atoms with Crippen LogP contribution < -0.4 is 0 Å². The van der Waals surface area contributed by atoms with E-state index < -0.39 is 5.97 Å². The maximum Gasteiger partial charge on any atom is 0.346 e. The summed E-state index contributed by atoms with van der Waals surface area (Å²) < 4.78 is 1.06. The molecule has 0 radical (unpaired) electrons. The Morgan fingerprint density at radius 2 is 2.17 bits per heavy atom. The molecule has 3 nitrogen and oxygen atoms in total. The van der Waals surface area contributed by atoms with E-state index >= 15 is 0 Å². The minimum Gasteiger partial charge on any atom is -0.477 e. The van der Waals surface area contributed by atoms with Crippen LogP contribution in [0.5, 0.6) is 0 Å². The molecule has 1 aliphatic carbocycles. The van der Waals surface area contributed by atoms with Crippen molar-refractivity contribution in [3.8, 4) is 0 Å². The van der Waals surface area contributed by atoms with E-state index in [9.17, 15) is 9.90 Å². The smallest absolute Gasteiger partial charge is 0.346 e. The zero-order chi connectivity index (χ0) is 12.7. The lowest BCUT2D eigenvalue weighted by molar-refractivity contribution is 0.0700. The highest BCUT2D eigenvalue weighted by atomic mass is 32.1. The fourth-order valence-electron chi connectivity index (χ4n) is 2.32. The summed E-state index contributed by atoms with van der Waals surface area (Å²) in [7, 11) is 2.08. The van der Waals surface area contributed by atoms with Crippen molar-refractivity contribution >= 4 is 27.4 Å². The van der Waals surface area contributed by atoms with Gasteiger partial charge in [0.15, 0.2) is 0 Å². The van der Waals surface area contributed by atoms with Crippen molar-refractivity contribution in [2.45, 2.75) is 25.4 Å². The highest BCUT2D eigenvalue weighted by molar-refractivity contribution is 7.21. The maximum atomic E-state index is 11.4. The van der Waals surface area contributed by atoms with Gasteiger partial charge in [0.25, 0.3) is 0 Å². The van der Waals surface area contributed by atoms with Gasteiger partial charge in [-0.15, -0.1) is 11.3 Å². The van der Waals surface area contributed by atoms with Gasteiger partial charge in [-0.25, -0.2) is 4.79 Å². The summed E-state index contributed by atoms with van der Waals surface area (Å²) in [6.45, 7) is 0.732. The molecule has 1 aromatic heterocycles. The topological polar surface area (TPSA) is 40.5 Å². The zero-order valence-corrected chi connectivity index (χ0v) is 11.0. The fraction of sp³-hybridized carbons (Fsp3) is 0.357. The fourth-order valence-corrected chi connectivity index (χ4v) is 3.38. The molecule has 0 aliphatic heterocycles. The van der Waals surface area contributed by atoms with Crippen LogP contribution in [-0.4, -0.2) is 29.1 Å². The molecule has 1 aromatic carbocycles. The van der Waals surface area contributed by atoms with Crippen LogP contribution in [0.1, 0.15) is 28.1 Å². The lowest BCUT2D eigenvalue weighted by Gasteiger charge is -2.15. The van der Waals surface area contributed by atoms with E-state index in [0.717, 1.165) is 22.2 Å². The monoisotopic (exact) mass is 261 g/mol. The molecule has 1 heterocycles. The van der Waals surface area contributed by atoms with E-state index in [4.69, 9.17) is 0 Å². The minimum atomic E-state index is -0.810. The van der Waals surface area contributed by atoms with Gasteiger partial charge in [0.2, 0.25) is 0 Å². The quantitative estimate of drug-likeness (QED) is 0.918. The Kier molecular flexibility index (Phi) is 2.84. The van der Waals surface area contributed by atoms with E-state index in [1.165, 1.54) is 24.2 Å². The number of thiophene rings is 1. The Morgan fingerprint density at radius 1 is 1.44 bits per heavy atom. The number of nitrogens with zero attached hydrogens (tertiary/aromatic N) is 1. The second kappa shape index (κ2) is 4.37. The SMILES string of the molecule is CN(Cc1c(C(=O)O)sc2ccccc12)C1CC1. The average molecular weight is 261 g/mol. The number of carboxylic acids is 1. The molecule has 1 saturated carbocycles. The first-order valence-corrected chi connectivity index (χ1v) is 6.92. The summed E-state index contributed by atoms with van der Waals surface area (Å²) >= 11 is 1.38. The third-order valence-corrected chi connectivity index (χ3v) is 4.67. The van der Waals surface area contributed by atoms with Crippen molar-refractivity contribution in [2.24, 2.45) is 0 Å². The van der Waals surface area contributed by atoms with Gasteiger partial charge < -0.3 is 5.11 Å². The van der Waals surface area contributed by atoms with Gasteiger partial charge in [0.05, 0.1) is 0 Å². The number of carboxylic acid groups (broad SMARTS) is 1. The van der Waals surface area contributed by atoms with Crippen LogP contribution >= 0.6 is 11.3 Å². The van der Waals surface area contributed by atoms with Gasteiger partial charge in [0, 0.05) is 17.3 Å². The first-order chi connectivity index (χ1) is 8.66. The number of hydrogen-bond acceptors (Lipinski definition) is 3. The number of fused-ring (bicyclic) bond motifs is 1. The lowest BCUT2D eigenvalue weighted by Crippen LogP contribution is -2.20. The predicted octanol–water partition coefficient (Wildman–Crippen LogP) is 3.19. The molecule has 1 fully saturated rings. The number of benzene rings is 1. The molecule has 1 N–H and O–H groups in total. The van der Waals surface area contributed by atoms with Crippen LogP contribution in [0.4, 0.5) is 0 Å². The largest absolute Gasteiger partial charge is 0.477 e. The summed E-state index contributed by atoms with van der Waals surface area (Å²) in [6.07, 6.45) is 2.47. The first-order valence-electron chi connectivity index (χ1n) is 6.11. The number of aromatic carboxylic acids is 1. The average Bonchev–Trinajstić information content (AvgIpc) is 3.13. The van der Waals surface area contributed by atoms with Crippen LogP contribution in [0.25, 0.3) is 10.1 Å². The lowest BCUT2D eigenvalue weighted by atomic mass is 10.1. The Bertz CT molecular complexity index is 601. The Morgan fingerprint density at radius 3 is 2.83 bits per heavy atom. The van der Waals surface area contributed by atoms with Gasteiger partial charge in [-0.1, -0.05) is 18.2 Å². The summed E-state index contributed by atoms with van der Waals surface area (Å²) in [5, 5.41) is 10.4. The highest BCUT2D eigenvalue weighted by Crippen LogP contribution is 2.34. The Labute approximate surface area is 110 Å². The summed E-state index contributed by atoms with van der Waals surface area (Å²) in [5.74, 6) is -0.810. The molecule has 4 heteroatoms. The van der Waals surface area contributed by atoms with Crippen molar-refractivity contribution in [1.82, 2.24) is 4.90 Å². The van der Waals surface area contributed by atoms with Crippen LogP contribution in [0, 0.1) is 0 Å². The standard InChI is InChI=1S/C14H15NO2S/c1-15(9-6-7-9)8-11-10-4-2-3-5-12(10)18-13(11)14(16)17/h2-5,9H,6-8H2,1H3,(H,16,17). The van der Waals surface area contributed by atoms with Gasteiger partial charge in [-0.2, -0.15) is 0 Å². The van der Waals surface area contributed by atoms with Gasteiger partial charge in [-0.3, -0.25) is 4.90 Å². The Hall–Kier alpha value is -1.39. The van der Waals surface area contributed by atoms with Crippen LogP contribution in [0.15, 0.2) is 24.3 Å². The van der Waals surface area contributed by atoms with Crippen molar-refractivity contribution < 1.29 is 9.90 Å².